The highest BCUT2D eigenvalue weighted by Gasteiger charge is 2.18. The molecule has 120 valence electrons. The Bertz CT molecular complexity index is 686. The third kappa shape index (κ3) is 3.85. The Labute approximate surface area is 135 Å². The van der Waals surface area contributed by atoms with E-state index in [1.807, 2.05) is 31.2 Å². The van der Waals surface area contributed by atoms with Crippen LogP contribution in [-0.4, -0.2) is 38.1 Å². The predicted molar refractivity (Wildman–Crippen MR) is 88.9 cm³/mol. The molecule has 0 aliphatic heterocycles. The fourth-order valence-electron chi connectivity index (χ4n) is 2.15. The van der Waals surface area contributed by atoms with E-state index in [2.05, 4.69) is 9.72 Å². The van der Waals surface area contributed by atoms with Gasteiger partial charge in [-0.1, -0.05) is 17.7 Å². The van der Waals surface area contributed by atoms with Gasteiger partial charge in [0.1, 0.15) is 6.54 Å². The van der Waals surface area contributed by atoms with E-state index in [-0.39, 0.29) is 12.5 Å². The van der Waals surface area contributed by atoms with Crippen molar-refractivity contribution in [2.45, 2.75) is 6.92 Å². The van der Waals surface area contributed by atoms with Crippen LogP contribution in [0.15, 0.2) is 42.6 Å². The van der Waals surface area contributed by atoms with E-state index in [4.69, 9.17) is 0 Å². The minimum Gasteiger partial charge on any atom is -0.468 e. The Morgan fingerprint density at radius 1 is 1.26 bits per heavy atom. The number of methoxy groups -OCH3 is 1. The number of carbonyl (C=O) groups excluding carboxylic acids is 2. The van der Waals surface area contributed by atoms with Crippen LogP contribution in [0.25, 0.3) is 0 Å². The predicted octanol–water partition coefficient (Wildman–Crippen LogP) is 2.29. The highest BCUT2D eigenvalue weighted by molar-refractivity contribution is 5.91. The third-order valence-electron chi connectivity index (χ3n) is 3.42. The molecule has 6 heteroatoms. The average Bonchev–Trinajstić information content (AvgIpc) is 2.57. The molecule has 1 heterocycles. The zero-order chi connectivity index (χ0) is 16.8. The molecular formula is C17H19N3O3. The summed E-state index contributed by atoms with van der Waals surface area (Å²) in [5.74, 6) is 0.0908. The molecule has 1 aromatic carbocycles. The molecule has 0 unspecified atom stereocenters. The second-order valence-electron chi connectivity index (χ2n) is 5.09. The number of benzene rings is 1. The zero-order valence-corrected chi connectivity index (χ0v) is 13.4. The molecule has 0 saturated heterocycles. The Kier molecular flexibility index (Phi) is 5.30. The summed E-state index contributed by atoms with van der Waals surface area (Å²) in [7, 11) is 3.08. The molecule has 1 aromatic heterocycles. The number of esters is 1. The van der Waals surface area contributed by atoms with Crippen LogP contribution in [0.3, 0.4) is 0 Å². The Morgan fingerprint density at radius 3 is 2.57 bits per heavy atom. The van der Waals surface area contributed by atoms with Gasteiger partial charge in [0.15, 0.2) is 5.82 Å². The van der Waals surface area contributed by atoms with Gasteiger partial charge in [-0.25, -0.2) is 4.98 Å². The summed E-state index contributed by atoms with van der Waals surface area (Å²) in [6, 6.07) is 11.1. The molecule has 0 atom stereocenters. The molecule has 23 heavy (non-hydrogen) atoms. The normalized spacial score (nSPS) is 10.0. The number of rotatable bonds is 6. The molecule has 0 saturated carbocycles. The van der Waals surface area contributed by atoms with Gasteiger partial charge in [0.2, 0.25) is 6.41 Å². The highest BCUT2D eigenvalue weighted by atomic mass is 16.5. The molecule has 2 aromatic rings. The summed E-state index contributed by atoms with van der Waals surface area (Å²) in [6.07, 6.45) is 2.32. The van der Waals surface area contributed by atoms with Gasteiger partial charge in [0.25, 0.3) is 0 Å². The summed E-state index contributed by atoms with van der Waals surface area (Å²) < 4.78 is 4.68. The molecule has 1 amide bonds. The first-order valence-corrected chi connectivity index (χ1v) is 7.11. The summed E-state index contributed by atoms with van der Waals surface area (Å²) in [4.78, 5) is 30.6. The second kappa shape index (κ2) is 7.40. The quantitative estimate of drug-likeness (QED) is 0.605. The van der Waals surface area contributed by atoms with Gasteiger partial charge in [-0.15, -0.1) is 0 Å². The molecule has 0 fully saturated rings. The number of anilines is 3. The number of pyridine rings is 1. The minimum absolute atomic E-state index is 0.0653. The van der Waals surface area contributed by atoms with E-state index in [1.165, 1.54) is 12.0 Å². The van der Waals surface area contributed by atoms with Crippen molar-refractivity contribution in [1.29, 1.82) is 0 Å². The van der Waals surface area contributed by atoms with E-state index >= 15 is 0 Å². The summed E-state index contributed by atoms with van der Waals surface area (Å²) in [5.41, 5.74) is 2.46. The maximum atomic E-state index is 11.6. The number of amides is 1. The first kappa shape index (κ1) is 16.5. The molecule has 0 aliphatic carbocycles. The van der Waals surface area contributed by atoms with E-state index < -0.39 is 0 Å². The van der Waals surface area contributed by atoms with Gasteiger partial charge in [0, 0.05) is 13.2 Å². The maximum Gasteiger partial charge on any atom is 0.325 e. The summed E-state index contributed by atoms with van der Waals surface area (Å²) in [5, 5.41) is 0. The SMILES string of the molecule is COC(=O)CN(C)c1cccnc1N(C=O)c1ccc(C)cc1. The highest BCUT2D eigenvalue weighted by Crippen LogP contribution is 2.30. The van der Waals surface area contributed by atoms with Crippen molar-refractivity contribution in [3.8, 4) is 0 Å². The molecule has 6 nitrogen and oxygen atoms in total. The zero-order valence-electron chi connectivity index (χ0n) is 13.4. The lowest BCUT2D eigenvalue weighted by Crippen LogP contribution is -2.28. The molecule has 0 radical (unpaired) electrons. The third-order valence-corrected chi connectivity index (χ3v) is 3.42. The standard InChI is InChI=1S/C17H19N3O3/c1-13-6-8-14(9-7-13)20(12-21)17-15(5-4-10-18-17)19(2)11-16(22)23-3/h4-10,12H,11H2,1-3H3. The molecule has 0 aliphatic rings. The van der Waals surface area contributed by atoms with E-state index in [0.29, 0.717) is 23.6 Å². The van der Waals surface area contributed by atoms with Crippen LogP contribution in [0.1, 0.15) is 5.56 Å². The van der Waals surface area contributed by atoms with Crippen LogP contribution < -0.4 is 9.80 Å². The van der Waals surface area contributed by atoms with Crippen LogP contribution >= 0.6 is 0 Å². The maximum absolute atomic E-state index is 11.6. The van der Waals surface area contributed by atoms with Crippen molar-refractivity contribution in [3.05, 3.63) is 48.2 Å². The molecule has 0 bridgehead atoms. The Balaban J connectivity index is 2.39. The van der Waals surface area contributed by atoms with Crippen molar-refractivity contribution < 1.29 is 14.3 Å². The lowest BCUT2D eigenvalue weighted by molar-refractivity contribution is -0.138. The number of nitrogens with zero attached hydrogens (tertiary/aromatic N) is 3. The summed E-state index contributed by atoms with van der Waals surface area (Å²) in [6.45, 7) is 2.04. The number of aromatic nitrogens is 1. The van der Waals surface area contributed by atoms with Crippen molar-refractivity contribution >= 4 is 29.6 Å². The van der Waals surface area contributed by atoms with Crippen LogP contribution in [0.4, 0.5) is 17.2 Å². The van der Waals surface area contributed by atoms with Gasteiger partial charge >= 0.3 is 5.97 Å². The number of hydrogen-bond donors (Lipinski definition) is 0. The molecule has 0 N–H and O–H groups in total. The number of ether oxygens (including phenoxy) is 1. The fraction of sp³-hybridized carbons (Fsp3) is 0.235. The second-order valence-corrected chi connectivity index (χ2v) is 5.09. The van der Waals surface area contributed by atoms with Gasteiger partial charge in [-0.05, 0) is 31.2 Å². The largest absolute Gasteiger partial charge is 0.468 e. The number of carbonyl (C=O) groups is 2. The average molecular weight is 313 g/mol. The fourth-order valence-corrected chi connectivity index (χ4v) is 2.15. The van der Waals surface area contributed by atoms with Crippen LogP contribution in [-0.2, 0) is 14.3 Å². The Hall–Kier alpha value is -2.89. The lowest BCUT2D eigenvalue weighted by Gasteiger charge is -2.25. The van der Waals surface area contributed by atoms with Gasteiger partial charge in [-0.2, -0.15) is 0 Å². The van der Waals surface area contributed by atoms with Gasteiger partial charge < -0.3 is 9.64 Å². The van der Waals surface area contributed by atoms with Crippen molar-refractivity contribution in [1.82, 2.24) is 4.98 Å². The molecule has 0 spiro atoms. The van der Waals surface area contributed by atoms with E-state index in [1.54, 1.807) is 30.3 Å². The van der Waals surface area contributed by atoms with E-state index in [0.717, 1.165) is 5.56 Å². The van der Waals surface area contributed by atoms with Crippen LogP contribution in [0.5, 0.6) is 0 Å². The monoisotopic (exact) mass is 313 g/mol. The van der Waals surface area contributed by atoms with Crippen LogP contribution in [0, 0.1) is 6.92 Å². The van der Waals surface area contributed by atoms with Crippen LogP contribution in [0.2, 0.25) is 0 Å². The lowest BCUT2D eigenvalue weighted by atomic mass is 10.2. The summed E-state index contributed by atoms with van der Waals surface area (Å²) >= 11 is 0. The van der Waals surface area contributed by atoms with Crippen molar-refractivity contribution in [3.63, 3.8) is 0 Å². The van der Waals surface area contributed by atoms with Gasteiger partial charge in [-0.3, -0.25) is 14.5 Å². The van der Waals surface area contributed by atoms with Crippen molar-refractivity contribution in [2.24, 2.45) is 0 Å². The van der Waals surface area contributed by atoms with Gasteiger partial charge in [0.05, 0.1) is 18.5 Å². The Morgan fingerprint density at radius 2 is 1.96 bits per heavy atom. The number of aryl methyl sites for hydroxylation is 1. The van der Waals surface area contributed by atoms with Crippen molar-refractivity contribution in [2.75, 3.05) is 30.5 Å². The molecular weight excluding hydrogens is 294 g/mol. The number of likely N-dealkylation sites (N-methyl/N-ethyl adjacent to an activating group) is 1. The minimum atomic E-state index is -0.365. The smallest absolute Gasteiger partial charge is 0.325 e. The first-order chi connectivity index (χ1) is 11.1. The molecule has 2 rings (SSSR count). The topological polar surface area (TPSA) is 62.7 Å². The number of hydrogen-bond acceptors (Lipinski definition) is 5. The van der Waals surface area contributed by atoms with E-state index in [9.17, 15) is 9.59 Å². The first-order valence-electron chi connectivity index (χ1n) is 7.11.